The van der Waals surface area contributed by atoms with Crippen molar-refractivity contribution in [2.24, 2.45) is 5.10 Å². The third-order valence-corrected chi connectivity index (χ3v) is 6.63. The molecule has 6 nitrogen and oxygen atoms in total. The van der Waals surface area contributed by atoms with Gasteiger partial charge in [0.2, 0.25) is 10.0 Å². The van der Waals surface area contributed by atoms with E-state index in [9.17, 15) is 17.6 Å². The molecule has 0 aliphatic carbocycles. The van der Waals surface area contributed by atoms with Gasteiger partial charge >= 0.3 is 0 Å². The summed E-state index contributed by atoms with van der Waals surface area (Å²) in [6.45, 7) is 1.56. The molecule has 0 atom stereocenters. The molecule has 0 aliphatic heterocycles. The number of rotatable bonds is 9. The minimum absolute atomic E-state index is 0.110. The van der Waals surface area contributed by atoms with Gasteiger partial charge in [-0.1, -0.05) is 66.2 Å². The molecule has 0 spiro atoms. The van der Waals surface area contributed by atoms with Gasteiger partial charge in [-0.2, -0.15) is 9.41 Å². The average Bonchev–Trinajstić information content (AvgIpc) is 2.79. The SMILES string of the molecule is Cc1ccc(S(=O)(=O)N(CCc2ccccc2)CC(=O)N/N=C\c2ccccc2F)cc1. The standard InChI is InChI=1S/C24H24FN3O3S/c1-19-11-13-22(14-12-19)32(30,31)28(16-15-20-7-3-2-4-8-20)18-24(29)27-26-17-21-9-5-6-10-23(21)25/h2-14,17H,15-16,18H2,1H3,(H,27,29)/b26-17-. The number of nitrogens with one attached hydrogen (secondary N) is 1. The molecule has 1 N–H and O–H groups in total. The Morgan fingerprint density at radius 2 is 1.66 bits per heavy atom. The van der Waals surface area contributed by atoms with Crippen molar-refractivity contribution < 1.29 is 17.6 Å². The van der Waals surface area contributed by atoms with Gasteiger partial charge in [-0.15, -0.1) is 0 Å². The van der Waals surface area contributed by atoms with Gasteiger partial charge in [0.25, 0.3) is 5.91 Å². The van der Waals surface area contributed by atoms with Crippen LogP contribution in [-0.2, 0) is 21.2 Å². The topological polar surface area (TPSA) is 78.8 Å². The Hall–Kier alpha value is -3.36. The molecule has 3 aromatic carbocycles. The number of amides is 1. The second-order valence-corrected chi connectivity index (χ2v) is 9.14. The summed E-state index contributed by atoms with van der Waals surface area (Å²) in [6.07, 6.45) is 1.62. The molecular formula is C24H24FN3O3S. The molecule has 3 rings (SSSR count). The normalized spacial score (nSPS) is 11.7. The summed E-state index contributed by atoms with van der Waals surface area (Å²) in [6, 6.07) is 21.9. The van der Waals surface area contributed by atoms with Gasteiger partial charge in [0.15, 0.2) is 0 Å². The highest BCUT2D eigenvalue weighted by Crippen LogP contribution is 2.17. The molecule has 3 aromatic rings. The van der Waals surface area contributed by atoms with E-state index >= 15 is 0 Å². The fourth-order valence-corrected chi connectivity index (χ4v) is 4.39. The number of hydrazone groups is 1. The molecule has 0 saturated carbocycles. The quantitative estimate of drug-likeness (QED) is 0.398. The van der Waals surface area contributed by atoms with Crippen LogP contribution in [0.4, 0.5) is 4.39 Å². The van der Waals surface area contributed by atoms with Crippen LogP contribution in [0.3, 0.4) is 0 Å². The lowest BCUT2D eigenvalue weighted by Crippen LogP contribution is -2.40. The highest BCUT2D eigenvalue weighted by Gasteiger charge is 2.26. The molecule has 166 valence electrons. The zero-order valence-corrected chi connectivity index (χ0v) is 18.4. The zero-order valence-electron chi connectivity index (χ0n) is 17.6. The van der Waals surface area contributed by atoms with Crippen LogP contribution in [0.1, 0.15) is 16.7 Å². The molecule has 32 heavy (non-hydrogen) atoms. The number of sulfonamides is 1. The Labute approximate surface area is 187 Å². The molecule has 0 bridgehead atoms. The fraction of sp³-hybridized carbons (Fsp3) is 0.167. The lowest BCUT2D eigenvalue weighted by molar-refractivity contribution is -0.121. The summed E-state index contributed by atoms with van der Waals surface area (Å²) in [5.74, 6) is -1.10. The van der Waals surface area contributed by atoms with E-state index < -0.39 is 28.3 Å². The Kier molecular flexibility index (Phi) is 7.86. The molecule has 0 radical (unpaired) electrons. The van der Waals surface area contributed by atoms with Gasteiger partial charge in [-0.05, 0) is 37.1 Å². The second kappa shape index (κ2) is 10.8. The summed E-state index contributed by atoms with van der Waals surface area (Å²) in [5.41, 5.74) is 4.37. The summed E-state index contributed by atoms with van der Waals surface area (Å²) in [7, 11) is -3.91. The van der Waals surface area contributed by atoms with Crippen molar-refractivity contribution in [3.8, 4) is 0 Å². The third kappa shape index (κ3) is 6.32. The summed E-state index contributed by atoms with van der Waals surface area (Å²) < 4.78 is 41.2. The Balaban J connectivity index is 1.74. The van der Waals surface area contributed by atoms with Crippen molar-refractivity contribution in [3.05, 3.63) is 101 Å². The first-order valence-corrected chi connectivity index (χ1v) is 11.5. The molecule has 8 heteroatoms. The minimum Gasteiger partial charge on any atom is -0.272 e. The molecule has 0 aromatic heterocycles. The van der Waals surface area contributed by atoms with Crippen LogP contribution in [0.15, 0.2) is 88.9 Å². The van der Waals surface area contributed by atoms with Crippen molar-refractivity contribution in [2.45, 2.75) is 18.2 Å². The molecule has 0 aliphatic rings. The lowest BCUT2D eigenvalue weighted by atomic mass is 10.1. The van der Waals surface area contributed by atoms with E-state index in [0.29, 0.717) is 6.42 Å². The first kappa shape index (κ1) is 23.3. The zero-order chi connectivity index (χ0) is 23.0. The average molecular weight is 454 g/mol. The molecule has 0 saturated heterocycles. The van der Waals surface area contributed by atoms with Gasteiger partial charge < -0.3 is 0 Å². The van der Waals surface area contributed by atoms with Crippen molar-refractivity contribution in [1.29, 1.82) is 0 Å². The van der Waals surface area contributed by atoms with Gasteiger partial charge in [0.05, 0.1) is 17.7 Å². The second-order valence-electron chi connectivity index (χ2n) is 7.20. The maximum atomic E-state index is 13.7. The number of hydrogen-bond acceptors (Lipinski definition) is 4. The summed E-state index contributed by atoms with van der Waals surface area (Å²) in [4.78, 5) is 12.6. The van der Waals surface area contributed by atoms with Crippen molar-refractivity contribution >= 4 is 22.1 Å². The predicted octanol–water partition coefficient (Wildman–Crippen LogP) is 3.52. The van der Waals surface area contributed by atoms with E-state index in [1.807, 2.05) is 37.3 Å². The minimum atomic E-state index is -3.91. The molecule has 1 amide bonds. The highest BCUT2D eigenvalue weighted by atomic mass is 32.2. The molecule has 0 fully saturated rings. The number of aryl methyl sites for hydroxylation is 1. The number of carbonyl (C=O) groups is 1. The van der Waals surface area contributed by atoms with Gasteiger partial charge in [-0.3, -0.25) is 4.79 Å². The van der Waals surface area contributed by atoms with Crippen LogP contribution in [0, 0.1) is 12.7 Å². The van der Waals surface area contributed by atoms with Gasteiger partial charge in [0, 0.05) is 12.1 Å². The number of hydrogen-bond donors (Lipinski definition) is 1. The van der Waals surface area contributed by atoms with Crippen molar-refractivity contribution in [2.75, 3.05) is 13.1 Å². The van der Waals surface area contributed by atoms with E-state index in [0.717, 1.165) is 15.4 Å². The maximum absolute atomic E-state index is 13.7. The Morgan fingerprint density at radius 1 is 1.00 bits per heavy atom. The van der Waals surface area contributed by atoms with Crippen LogP contribution < -0.4 is 5.43 Å². The third-order valence-electron chi connectivity index (χ3n) is 4.77. The first-order valence-electron chi connectivity index (χ1n) is 10.0. The number of halogens is 1. The number of nitrogens with zero attached hydrogens (tertiary/aromatic N) is 2. The highest BCUT2D eigenvalue weighted by molar-refractivity contribution is 7.89. The van der Waals surface area contributed by atoms with E-state index in [-0.39, 0.29) is 17.0 Å². The monoisotopic (exact) mass is 453 g/mol. The molecule has 0 unspecified atom stereocenters. The fourth-order valence-electron chi connectivity index (χ4n) is 2.99. The van der Waals surface area contributed by atoms with Crippen LogP contribution in [0.5, 0.6) is 0 Å². The predicted molar refractivity (Wildman–Crippen MR) is 122 cm³/mol. The number of carbonyl (C=O) groups excluding carboxylic acids is 1. The first-order chi connectivity index (χ1) is 15.4. The largest absolute Gasteiger partial charge is 0.272 e. The van der Waals surface area contributed by atoms with E-state index in [4.69, 9.17) is 0 Å². The van der Waals surface area contributed by atoms with Crippen LogP contribution >= 0.6 is 0 Å². The van der Waals surface area contributed by atoms with E-state index in [1.165, 1.54) is 30.5 Å². The Morgan fingerprint density at radius 3 is 2.34 bits per heavy atom. The van der Waals surface area contributed by atoms with E-state index in [2.05, 4.69) is 10.5 Å². The Bertz CT molecular complexity index is 1180. The van der Waals surface area contributed by atoms with Crippen molar-refractivity contribution in [1.82, 2.24) is 9.73 Å². The summed E-state index contributed by atoms with van der Waals surface area (Å²) in [5, 5.41) is 3.75. The maximum Gasteiger partial charge on any atom is 0.255 e. The van der Waals surface area contributed by atoms with Crippen LogP contribution in [0.2, 0.25) is 0 Å². The van der Waals surface area contributed by atoms with Crippen molar-refractivity contribution in [3.63, 3.8) is 0 Å². The summed E-state index contributed by atoms with van der Waals surface area (Å²) >= 11 is 0. The smallest absolute Gasteiger partial charge is 0.255 e. The van der Waals surface area contributed by atoms with E-state index in [1.54, 1.807) is 24.3 Å². The van der Waals surface area contributed by atoms with Crippen LogP contribution in [-0.4, -0.2) is 37.9 Å². The molecule has 0 heterocycles. The van der Waals surface area contributed by atoms with Gasteiger partial charge in [0.1, 0.15) is 5.82 Å². The number of benzene rings is 3. The van der Waals surface area contributed by atoms with Gasteiger partial charge in [-0.25, -0.2) is 18.2 Å². The molecular weight excluding hydrogens is 429 g/mol. The lowest BCUT2D eigenvalue weighted by Gasteiger charge is -2.21. The van der Waals surface area contributed by atoms with Crippen LogP contribution in [0.25, 0.3) is 0 Å².